The lowest BCUT2D eigenvalue weighted by Crippen LogP contribution is -2.38. The van der Waals surface area contributed by atoms with Gasteiger partial charge in [0.1, 0.15) is 11.5 Å². The van der Waals surface area contributed by atoms with Crippen LogP contribution in [-0.4, -0.2) is 33.4 Å². The van der Waals surface area contributed by atoms with Crippen LogP contribution in [0.25, 0.3) is 17.0 Å². The summed E-state index contributed by atoms with van der Waals surface area (Å²) >= 11 is 0. The van der Waals surface area contributed by atoms with Crippen molar-refractivity contribution in [2.75, 3.05) is 13.1 Å². The van der Waals surface area contributed by atoms with E-state index >= 15 is 0 Å². The number of hydrogen-bond donors (Lipinski definition) is 1. The number of allylic oxidation sites excluding steroid dienone is 1. The molecule has 33 heavy (non-hydrogen) atoms. The van der Waals surface area contributed by atoms with Gasteiger partial charge in [-0.3, -0.25) is 9.69 Å². The normalized spacial score (nSPS) is 22.2. The van der Waals surface area contributed by atoms with Gasteiger partial charge in [0.2, 0.25) is 5.78 Å². The number of rotatable bonds is 4. The Kier molecular flexibility index (Phi) is 5.53. The number of aryl methyl sites for hydroxylation is 2. The molecule has 3 aromatic rings. The van der Waals surface area contributed by atoms with Gasteiger partial charge in [-0.2, -0.15) is 0 Å². The van der Waals surface area contributed by atoms with E-state index in [0.717, 1.165) is 41.7 Å². The zero-order chi connectivity index (χ0) is 23.3. The lowest BCUT2D eigenvalue weighted by molar-refractivity contribution is 0.101. The molecule has 1 saturated heterocycles. The number of piperidine rings is 1. The number of benzene rings is 2. The van der Waals surface area contributed by atoms with Crippen molar-refractivity contribution < 1.29 is 14.6 Å². The van der Waals surface area contributed by atoms with Crippen LogP contribution in [0.1, 0.15) is 54.2 Å². The summed E-state index contributed by atoms with van der Waals surface area (Å²) in [5.74, 6) is 2.16. The number of nitrogens with zero attached hydrogens (tertiary/aromatic N) is 2. The van der Waals surface area contributed by atoms with Crippen LogP contribution in [0.2, 0.25) is 0 Å². The highest BCUT2D eigenvalue weighted by Crippen LogP contribution is 2.43. The van der Waals surface area contributed by atoms with E-state index in [0.29, 0.717) is 41.0 Å². The molecule has 1 fully saturated rings. The van der Waals surface area contributed by atoms with E-state index in [1.54, 1.807) is 6.07 Å². The fraction of sp³-hybridized carbons (Fsp3) is 0.393. The van der Waals surface area contributed by atoms with Crippen molar-refractivity contribution in [1.29, 1.82) is 0 Å². The van der Waals surface area contributed by atoms with Crippen LogP contribution < -0.4 is 4.74 Å². The number of aromatic nitrogens is 1. The highest BCUT2D eigenvalue weighted by Gasteiger charge is 2.34. The van der Waals surface area contributed by atoms with Crippen LogP contribution in [0.3, 0.4) is 0 Å². The fourth-order valence-corrected chi connectivity index (χ4v) is 5.67. The van der Waals surface area contributed by atoms with Crippen LogP contribution in [0, 0.1) is 18.8 Å². The highest BCUT2D eigenvalue weighted by atomic mass is 16.5. The Labute approximate surface area is 195 Å². The van der Waals surface area contributed by atoms with Crippen molar-refractivity contribution >= 4 is 22.8 Å². The average molecular weight is 445 g/mol. The van der Waals surface area contributed by atoms with Crippen molar-refractivity contribution in [3.8, 4) is 11.5 Å². The van der Waals surface area contributed by atoms with E-state index in [4.69, 9.17) is 4.74 Å². The van der Waals surface area contributed by atoms with E-state index in [2.05, 4.69) is 48.6 Å². The number of hydrogen-bond acceptors (Lipinski definition) is 4. The van der Waals surface area contributed by atoms with Gasteiger partial charge in [0, 0.05) is 48.8 Å². The molecule has 5 rings (SSSR count). The molecule has 2 aliphatic rings. The first kappa shape index (κ1) is 21.8. The number of carbonyl (C=O) groups excluding carboxylic acids is 1. The minimum Gasteiger partial charge on any atom is -0.507 e. The topological polar surface area (TPSA) is 54.7 Å². The van der Waals surface area contributed by atoms with Crippen molar-refractivity contribution in [3.05, 3.63) is 64.5 Å². The molecule has 2 aromatic carbocycles. The second-order valence-electron chi connectivity index (χ2n) is 9.86. The quantitative estimate of drug-likeness (QED) is 0.519. The molecule has 1 aromatic heterocycles. The van der Waals surface area contributed by atoms with E-state index in [1.165, 1.54) is 6.42 Å². The first-order valence-corrected chi connectivity index (χ1v) is 12.0. The largest absolute Gasteiger partial charge is 0.507 e. The number of likely N-dealkylation sites (tertiary alicyclic amines) is 1. The minimum atomic E-state index is -0.113. The third-order valence-corrected chi connectivity index (χ3v) is 6.99. The SMILES string of the molecule is CCn1cc(/C=C2/Oc3c(CN4CC(C)CC(C)C4)c(O)cc(C)c3C2=O)c2ccccc21. The molecule has 5 heteroatoms. The van der Waals surface area contributed by atoms with Gasteiger partial charge in [-0.1, -0.05) is 32.0 Å². The summed E-state index contributed by atoms with van der Waals surface area (Å²) in [6.07, 6.45) is 5.14. The predicted octanol–water partition coefficient (Wildman–Crippen LogP) is 5.77. The zero-order valence-corrected chi connectivity index (χ0v) is 19.9. The highest BCUT2D eigenvalue weighted by molar-refractivity contribution is 6.16. The Morgan fingerprint density at radius 3 is 2.64 bits per heavy atom. The van der Waals surface area contributed by atoms with Crippen molar-refractivity contribution in [2.24, 2.45) is 11.8 Å². The molecule has 5 nitrogen and oxygen atoms in total. The number of carbonyl (C=O) groups is 1. The number of para-hydroxylation sites is 1. The summed E-state index contributed by atoms with van der Waals surface area (Å²) in [6, 6.07) is 9.91. The zero-order valence-electron chi connectivity index (χ0n) is 19.9. The molecule has 0 bridgehead atoms. The fourth-order valence-electron chi connectivity index (χ4n) is 5.67. The number of Topliss-reactive ketones (excluding diaryl/α,β-unsaturated/α-hetero) is 1. The maximum absolute atomic E-state index is 13.4. The molecule has 2 aliphatic heterocycles. The summed E-state index contributed by atoms with van der Waals surface area (Å²) in [7, 11) is 0. The molecule has 0 aliphatic carbocycles. The molecular weight excluding hydrogens is 412 g/mol. The minimum absolute atomic E-state index is 0.113. The Bertz CT molecular complexity index is 1260. The Morgan fingerprint density at radius 2 is 1.91 bits per heavy atom. The first-order chi connectivity index (χ1) is 15.9. The summed E-state index contributed by atoms with van der Waals surface area (Å²) in [5, 5.41) is 11.9. The Balaban J connectivity index is 1.53. The summed E-state index contributed by atoms with van der Waals surface area (Å²) in [5.41, 5.74) is 4.13. The van der Waals surface area contributed by atoms with Gasteiger partial charge in [-0.15, -0.1) is 0 Å². The monoisotopic (exact) mass is 444 g/mol. The van der Waals surface area contributed by atoms with Gasteiger partial charge in [0.25, 0.3) is 0 Å². The molecular formula is C28H32N2O3. The molecule has 0 amide bonds. The number of fused-ring (bicyclic) bond motifs is 2. The lowest BCUT2D eigenvalue weighted by atomic mass is 9.91. The molecule has 172 valence electrons. The summed E-state index contributed by atoms with van der Waals surface area (Å²) in [6.45, 7) is 11.9. The standard InChI is InChI=1S/C28H32N2O3/c1-5-30-15-20(21-8-6-7-9-23(21)30)12-25-27(32)26-19(4)11-24(31)22(28(26)33-25)16-29-13-17(2)10-18(3)14-29/h6-9,11-12,15,17-18,31H,5,10,13-14,16H2,1-4H3/b25-12+. The van der Waals surface area contributed by atoms with Gasteiger partial charge < -0.3 is 14.4 Å². The van der Waals surface area contributed by atoms with Crippen LogP contribution in [0.4, 0.5) is 0 Å². The van der Waals surface area contributed by atoms with Crippen LogP contribution in [-0.2, 0) is 13.1 Å². The van der Waals surface area contributed by atoms with Crippen LogP contribution >= 0.6 is 0 Å². The maximum Gasteiger partial charge on any atom is 0.232 e. The second kappa shape index (κ2) is 8.38. The number of phenolic OH excluding ortho intramolecular Hbond substituents is 1. The third kappa shape index (κ3) is 3.84. The van der Waals surface area contributed by atoms with Crippen LogP contribution in [0.15, 0.2) is 42.3 Å². The van der Waals surface area contributed by atoms with Gasteiger partial charge in [0.05, 0.1) is 11.1 Å². The van der Waals surface area contributed by atoms with Gasteiger partial charge in [-0.25, -0.2) is 0 Å². The Morgan fingerprint density at radius 1 is 1.18 bits per heavy atom. The predicted molar refractivity (Wildman–Crippen MR) is 132 cm³/mol. The van der Waals surface area contributed by atoms with Crippen molar-refractivity contribution in [2.45, 2.75) is 47.2 Å². The van der Waals surface area contributed by atoms with Gasteiger partial charge in [0.15, 0.2) is 5.76 Å². The number of aromatic hydroxyl groups is 1. The van der Waals surface area contributed by atoms with Crippen molar-refractivity contribution in [3.63, 3.8) is 0 Å². The molecule has 2 unspecified atom stereocenters. The molecule has 1 N–H and O–H groups in total. The maximum atomic E-state index is 13.4. The third-order valence-electron chi connectivity index (χ3n) is 6.99. The summed E-state index contributed by atoms with van der Waals surface area (Å²) in [4.78, 5) is 15.8. The van der Waals surface area contributed by atoms with Crippen LogP contribution in [0.5, 0.6) is 11.5 Å². The van der Waals surface area contributed by atoms with E-state index in [1.807, 2.05) is 25.1 Å². The smallest absolute Gasteiger partial charge is 0.232 e. The number of ether oxygens (including phenoxy) is 1. The number of ketones is 1. The second-order valence-corrected chi connectivity index (χ2v) is 9.86. The molecule has 0 saturated carbocycles. The number of phenols is 1. The molecule has 0 radical (unpaired) electrons. The van der Waals surface area contributed by atoms with E-state index in [9.17, 15) is 9.90 Å². The van der Waals surface area contributed by atoms with E-state index in [-0.39, 0.29) is 11.5 Å². The molecule has 2 atom stereocenters. The van der Waals surface area contributed by atoms with E-state index < -0.39 is 0 Å². The Hall–Kier alpha value is -3.05. The first-order valence-electron chi connectivity index (χ1n) is 12.0. The average Bonchev–Trinajstić information content (AvgIpc) is 3.29. The lowest BCUT2D eigenvalue weighted by Gasteiger charge is -2.35. The molecule has 3 heterocycles. The molecule has 0 spiro atoms. The summed E-state index contributed by atoms with van der Waals surface area (Å²) < 4.78 is 8.39. The van der Waals surface area contributed by atoms with Gasteiger partial charge in [-0.05, 0) is 55.9 Å². The van der Waals surface area contributed by atoms with Gasteiger partial charge >= 0.3 is 0 Å². The van der Waals surface area contributed by atoms with Crippen molar-refractivity contribution in [1.82, 2.24) is 9.47 Å².